The van der Waals surface area contributed by atoms with Crippen LogP contribution in [-0.2, 0) is 0 Å². The monoisotopic (exact) mass is 253 g/mol. The number of likely N-dealkylation sites (tertiary alicyclic amines) is 1. The van der Waals surface area contributed by atoms with E-state index in [1.807, 2.05) is 6.07 Å². The molecular formula is C16H19N3. The lowest BCUT2D eigenvalue weighted by molar-refractivity contribution is 0.231. The molecule has 1 heterocycles. The topological polar surface area (TPSA) is 50.8 Å². The second-order valence-electron chi connectivity index (χ2n) is 5.09. The minimum Gasteiger partial charge on any atom is -0.295 e. The molecule has 1 saturated heterocycles. The number of hydrogen-bond donors (Lipinski definition) is 0. The fourth-order valence-corrected chi connectivity index (χ4v) is 2.82. The second-order valence-corrected chi connectivity index (χ2v) is 5.09. The lowest BCUT2D eigenvalue weighted by atomic mass is 10.0. The molecule has 2 rings (SSSR count). The summed E-state index contributed by atoms with van der Waals surface area (Å²) in [4.78, 5) is 2.40. The van der Waals surface area contributed by atoms with Crippen molar-refractivity contribution in [1.82, 2.24) is 4.90 Å². The third-order valence-corrected chi connectivity index (χ3v) is 3.79. The van der Waals surface area contributed by atoms with Gasteiger partial charge < -0.3 is 0 Å². The zero-order chi connectivity index (χ0) is 13.5. The highest BCUT2D eigenvalue weighted by molar-refractivity contribution is 5.20. The van der Waals surface area contributed by atoms with Gasteiger partial charge in [0.25, 0.3) is 0 Å². The predicted molar refractivity (Wildman–Crippen MR) is 73.9 cm³/mol. The largest absolute Gasteiger partial charge is 0.295 e. The van der Waals surface area contributed by atoms with Gasteiger partial charge in [0, 0.05) is 19.0 Å². The summed E-state index contributed by atoms with van der Waals surface area (Å²) in [7, 11) is 0. The van der Waals surface area contributed by atoms with Gasteiger partial charge >= 0.3 is 0 Å². The minimum absolute atomic E-state index is 0.0241. The van der Waals surface area contributed by atoms with E-state index in [0.29, 0.717) is 18.9 Å². The van der Waals surface area contributed by atoms with Crippen molar-refractivity contribution in [2.75, 3.05) is 13.1 Å². The summed E-state index contributed by atoms with van der Waals surface area (Å²) in [6, 6.07) is 15.4. The molecule has 3 nitrogen and oxygen atoms in total. The first-order valence-electron chi connectivity index (χ1n) is 6.90. The Kier molecular flexibility index (Phi) is 4.95. The first-order chi connectivity index (χ1) is 9.35. The molecule has 0 radical (unpaired) electrons. The van der Waals surface area contributed by atoms with Gasteiger partial charge in [-0.15, -0.1) is 0 Å². The molecule has 0 bridgehead atoms. The maximum absolute atomic E-state index is 9.18. The summed E-state index contributed by atoms with van der Waals surface area (Å²) >= 11 is 0. The van der Waals surface area contributed by atoms with Gasteiger partial charge in [-0.3, -0.25) is 4.90 Å². The molecule has 0 spiro atoms. The van der Waals surface area contributed by atoms with Crippen LogP contribution in [0.25, 0.3) is 0 Å². The fourth-order valence-electron chi connectivity index (χ4n) is 2.82. The van der Waals surface area contributed by atoms with Crippen LogP contribution in [0.4, 0.5) is 0 Å². The maximum Gasteiger partial charge on any atom is 0.0669 e. The van der Waals surface area contributed by atoms with Crippen LogP contribution in [0.15, 0.2) is 30.3 Å². The third kappa shape index (κ3) is 3.56. The Morgan fingerprint density at radius 2 is 2.05 bits per heavy atom. The summed E-state index contributed by atoms with van der Waals surface area (Å²) in [6.45, 7) is 1.85. The van der Waals surface area contributed by atoms with Crippen LogP contribution >= 0.6 is 0 Å². The van der Waals surface area contributed by atoms with Gasteiger partial charge in [0.1, 0.15) is 0 Å². The lowest BCUT2D eigenvalue weighted by Gasteiger charge is -2.26. The molecule has 98 valence electrons. The van der Waals surface area contributed by atoms with Crippen molar-refractivity contribution >= 4 is 0 Å². The number of benzene rings is 1. The van der Waals surface area contributed by atoms with Gasteiger partial charge in [0.2, 0.25) is 0 Å². The van der Waals surface area contributed by atoms with E-state index in [-0.39, 0.29) is 5.92 Å². The van der Waals surface area contributed by atoms with Crippen LogP contribution in [0.3, 0.4) is 0 Å². The number of rotatable bonds is 5. The highest BCUT2D eigenvalue weighted by Gasteiger charge is 2.27. The van der Waals surface area contributed by atoms with Gasteiger partial charge in [0.15, 0.2) is 0 Å². The van der Waals surface area contributed by atoms with E-state index in [9.17, 15) is 5.26 Å². The zero-order valence-corrected chi connectivity index (χ0v) is 11.1. The average molecular weight is 253 g/mol. The van der Waals surface area contributed by atoms with Crippen LogP contribution in [0, 0.1) is 28.6 Å². The molecular weight excluding hydrogens is 234 g/mol. The summed E-state index contributed by atoms with van der Waals surface area (Å²) in [5, 5.41) is 17.8. The Balaban J connectivity index is 1.99. The molecule has 2 unspecified atom stereocenters. The molecule has 0 aliphatic carbocycles. The van der Waals surface area contributed by atoms with Crippen LogP contribution in [0.2, 0.25) is 0 Å². The van der Waals surface area contributed by atoms with Gasteiger partial charge in [-0.2, -0.15) is 10.5 Å². The molecule has 3 heteroatoms. The molecule has 1 aromatic carbocycles. The predicted octanol–water partition coefficient (Wildman–Crippen LogP) is 3.27. The van der Waals surface area contributed by atoms with E-state index in [1.165, 1.54) is 18.4 Å². The Hall–Kier alpha value is -1.84. The summed E-state index contributed by atoms with van der Waals surface area (Å²) < 4.78 is 0. The fraction of sp³-hybridized carbons (Fsp3) is 0.500. The van der Waals surface area contributed by atoms with E-state index in [4.69, 9.17) is 5.26 Å². The molecule has 0 saturated carbocycles. The molecule has 19 heavy (non-hydrogen) atoms. The van der Waals surface area contributed by atoms with Crippen molar-refractivity contribution in [2.45, 2.75) is 31.7 Å². The van der Waals surface area contributed by atoms with Crippen LogP contribution in [0.5, 0.6) is 0 Å². The second kappa shape index (κ2) is 6.92. The summed E-state index contributed by atoms with van der Waals surface area (Å²) in [5.41, 5.74) is 1.34. The van der Waals surface area contributed by atoms with Gasteiger partial charge in [0.05, 0.1) is 18.1 Å². The van der Waals surface area contributed by atoms with E-state index >= 15 is 0 Å². The van der Waals surface area contributed by atoms with Crippen molar-refractivity contribution in [3.8, 4) is 12.1 Å². The third-order valence-electron chi connectivity index (χ3n) is 3.79. The summed E-state index contributed by atoms with van der Waals surface area (Å²) in [6.07, 6.45) is 3.52. The van der Waals surface area contributed by atoms with Crippen LogP contribution in [0.1, 0.15) is 37.3 Å². The van der Waals surface area contributed by atoms with Gasteiger partial charge in [-0.1, -0.05) is 30.3 Å². The Labute approximate surface area is 115 Å². The smallest absolute Gasteiger partial charge is 0.0669 e. The molecule has 2 atom stereocenters. The standard InChI is InChI=1S/C16H19N3/c17-10-4-6-14(12-18)13-19-11-5-9-16(19)15-7-2-1-3-8-15/h1-3,7-8,14,16H,4-6,9,11,13H2. The van der Waals surface area contributed by atoms with E-state index < -0.39 is 0 Å². The highest BCUT2D eigenvalue weighted by atomic mass is 15.2. The first-order valence-corrected chi connectivity index (χ1v) is 6.90. The Morgan fingerprint density at radius 1 is 1.26 bits per heavy atom. The van der Waals surface area contributed by atoms with Gasteiger partial charge in [-0.05, 0) is 31.4 Å². The summed E-state index contributed by atoms with van der Waals surface area (Å²) in [5.74, 6) is -0.0241. The van der Waals surface area contributed by atoms with Crippen LogP contribution < -0.4 is 0 Å². The van der Waals surface area contributed by atoms with Gasteiger partial charge in [-0.25, -0.2) is 0 Å². The lowest BCUT2D eigenvalue weighted by Crippen LogP contribution is -2.28. The van der Waals surface area contributed by atoms with E-state index in [2.05, 4.69) is 41.3 Å². The molecule has 0 N–H and O–H groups in total. The zero-order valence-electron chi connectivity index (χ0n) is 11.1. The van der Waals surface area contributed by atoms with Crippen LogP contribution in [-0.4, -0.2) is 18.0 Å². The van der Waals surface area contributed by atoms with E-state index in [1.54, 1.807) is 0 Å². The molecule has 1 aliphatic heterocycles. The van der Waals surface area contributed by atoms with Crippen molar-refractivity contribution in [3.05, 3.63) is 35.9 Å². The Morgan fingerprint density at radius 3 is 2.74 bits per heavy atom. The van der Waals surface area contributed by atoms with Crippen molar-refractivity contribution in [2.24, 2.45) is 5.92 Å². The number of hydrogen-bond acceptors (Lipinski definition) is 3. The average Bonchev–Trinajstić information content (AvgIpc) is 2.92. The number of nitriles is 2. The number of nitrogens with zero attached hydrogens (tertiary/aromatic N) is 3. The molecule has 0 amide bonds. The van der Waals surface area contributed by atoms with Crippen molar-refractivity contribution < 1.29 is 0 Å². The molecule has 1 aromatic rings. The Bertz CT molecular complexity index is 469. The molecule has 1 fully saturated rings. The quantitative estimate of drug-likeness (QED) is 0.809. The van der Waals surface area contributed by atoms with Crippen molar-refractivity contribution in [1.29, 1.82) is 10.5 Å². The maximum atomic E-state index is 9.18. The van der Waals surface area contributed by atoms with E-state index in [0.717, 1.165) is 13.1 Å². The molecule has 0 aromatic heterocycles. The molecule has 1 aliphatic rings. The van der Waals surface area contributed by atoms with Crippen molar-refractivity contribution in [3.63, 3.8) is 0 Å². The normalized spacial score (nSPS) is 20.6. The first kappa shape index (κ1) is 13.6. The minimum atomic E-state index is -0.0241. The SMILES string of the molecule is N#CCCC(C#N)CN1CCCC1c1ccccc1. The highest BCUT2D eigenvalue weighted by Crippen LogP contribution is 2.32.